The van der Waals surface area contributed by atoms with Crippen LogP contribution in [-0.4, -0.2) is 10.2 Å². The molecule has 0 amide bonds. The Kier molecular flexibility index (Phi) is 2.92. The first-order valence-electron chi connectivity index (χ1n) is 5.74. The monoisotopic (exact) mass is 273 g/mol. The molecule has 0 aliphatic rings. The zero-order chi connectivity index (χ0) is 13.2. The van der Waals surface area contributed by atoms with Crippen LogP contribution in [0.1, 0.15) is 5.56 Å². The Morgan fingerprint density at radius 2 is 1.95 bits per heavy atom. The molecule has 0 unspecified atom stereocenters. The van der Waals surface area contributed by atoms with E-state index in [-0.39, 0.29) is 11.1 Å². The maximum atomic E-state index is 11.8. The van der Waals surface area contributed by atoms with Gasteiger partial charge in [0.05, 0.1) is 10.8 Å². The number of benzene rings is 1. The molecule has 0 aliphatic heterocycles. The highest BCUT2D eigenvalue weighted by atomic mass is 32.1. The lowest BCUT2D eigenvalue weighted by molar-refractivity contribution is 0.976. The third kappa shape index (κ3) is 2.17. The first kappa shape index (κ1) is 11.7. The molecule has 2 heterocycles. The average Bonchev–Trinajstić information content (AvgIpc) is 2.94. The van der Waals surface area contributed by atoms with Crippen LogP contribution in [-0.2, 0) is 6.54 Å². The summed E-state index contributed by atoms with van der Waals surface area (Å²) in [4.78, 5) is 23.5. The first-order chi connectivity index (χ1) is 9.25. The molecule has 19 heavy (non-hydrogen) atoms. The van der Waals surface area contributed by atoms with Crippen LogP contribution in [0.15, 0.2) is 44.6 Å². The van der Waals surface area contributed by atoms with Crippen molar-refractivity contribution in [3.05, 3.63) is 61.3 Å². The number of nitrogens with one attached hydrogen (secondary N) is 3. The molecule has 3 N–H and O–H groups in total. The van der Waals surface area contributed by atoms with Crippen molar-refractivity contribution < 1.29 is 0 Å². The minimum absolute atomic E-state index is 0.297. The summed E-state index contributed by atoms with van der Waals surface area (Å²) in [6, 6.07) is 7.20. The summed E-state index contributed by atoms with van der Waals surface area (Å²) in [5.74, 6) is 0. The lowest BCUT2D eigenvalue weighted by Crippen LogP contribution is -2.20. The van der Waals surface area contributed by atoms with Crippen LogP contribution in [0.2, 0.25) is 0 Å². The van der Waals surface area contributed by atoms with Crippen LogP contribution in [0.3, 0.4) is 0 Å². The van der Waals surface area contributed by atoms with Crippen LogP contribution >= 0.6 is 11.3 Å². The quantitative estimate of drug-likeness (QED) is 0.682. The molecule has 0 saturated carbocycles. The number of aromatic nitrogens is 2. The van der Waals surface area contributed by atoms with Crippen LogP contribution in [0, 0.1) is 0 Å². The number of hydrogen-bond donors (Lipinski definition) is 3. The number of fused-ring (bicyclic) bond motifs is 1. The maximum absolute atomic E-state index is 11.8. The van der Waals surface area contributed by atoms with Gasteiger partial charge in [-0.15, -0.1) is 0 Å². The number of H-pyrrole nitrogens is 2. The van der Waals surface area contributed by atoms with Crippen molar-refractivity contribution in [2.24, 2.45) is 0 Å². The number of rotatable bonds is 3. The fourth-order valence-corrected chi connectivity index (χ4v) is 2.64. The Balaban J connectivity index is 2.06. The van der Waals surface area contributed by atoms with E-state index in [9.17, 15) is 9.59 Å². The Morgan fingerprint density at radius 3 is 2.74 bits per heavy atom. The second kappa shape index (κ2) is 4.74. The fraction of sp³-hybridized carbons (Fsp3) is 0.0769. The van der Waals surface area contributed by atoms with Crippen LogP contribution in [0.4, 0.5) is 5.69 Å². The van der Waals surface area contributed by atoms with Gasteiger partial charge in [-0.1, -0.05) is 6.07 Å². The summed E-state index contributed by atoms with van der Waals surface area (Å²) >= 11 is 1.62. The van der Waals surface area contributed by atoms with Gasteiger partial charge >= 0.3 is 0 Å². The smallest absolute Gasteiger partial charge is 0.272 e. The highest BCUT2D eigenvalue weighted by Gasteiger charge is 2.07. The van der Waals surface area contributed by atoms with E-state index in [1.54, 1.807) is 29.5 Å². The largest absolute Gasteiger partial charge is 0.380 e. The molecule has 0 fully saturated rings. The van der Waals surface area contributed by atoms with E-state index in [1.807, 2.05) is 16.8 Å². The Morgan fingerprint density at radius 1 is 1.11 bits per heavy atom. The van der Waals surface area contributed by atoms with Gasteiger partial charge < -0.3 is 5.32 Å². The molecule has 6 heteroatoms. The summed E-state index contributed by atoms with van der Waals surface area (Å²) < 4.78 is 0. The van der Waals surface area contributed by atoms with Crippen molar-refractivity contribution in [2.75, 3.05) is 5.32 Å². The first-order valence-corrected chi connectivity index (χ1v) is 6.68. The topological polar surface area (TPSA) is 77.8 Å². The zero-order valence-corrected chi connectivity index (χ0v) is 10.7. The minimum atomic E-state index is -0.303. The van der Waals surface area contributed by atoms with Crippen molar-refractivity contribution in [1.29, 1.82) is 0 Å². The van der Waals surface area contributed by atoms with Crippen molar-refractivity contribution >= 4 is 27.8 Å². The van der Waals surface area contributed by atoms with Gasteiger partial charge in [-0.25, -0.2) is 0 Å². The van der Waals surface area contributed by atoms with Gasteiger partial charge in [0, 0.05) is 12.2 Å². The number of anilines is 1. The number of aromatic amines is 2. The molecule has 0 saturated heterocycles. The standard InChI is InChI=1S/C13H11N3O2S/c17-12-9-2-1-3-10(11(9)13(18)16-15-12)14-6-8-4-5-19-7-8/h1-5,7,14H,6H2,(H,15,17)(H,16,18). The van der Waals surface area contributed by atoms with Gasteiger partial charge in [-0.05, 0) is 34.5 Å². The van der Waals surface area contributed by atoms with Crippen molar-refractivity contribution in [3.63, 3.8) is 0 Å². The van der Waals surface area contributed by atoms with E-state index < -0.39 is 0 Å². The number of thiophene rings is 1. The molecular weight excluding hydrogens is 262 g/mol. The molecule has 3 aromatic rings. The van der Waals surface area contributed by atoms with E-state index in [0.29, 0.717) is 23.0 Å². The summed E-state index contributed by atoms with van der Waals surface area (Å²) in [6.45, 7) is 0.620. The molecule has 0 bridgehead atoms. The van der Waals surface area contributed by atoms with Gasteiger partial charge in [0.1, 0.15) is 0 Å². The molecule has 0 aliphatic carbocycles. The molecular formula is C13H11N3O2S. The lowest BCUT2D eigenvalue weighted by atomic mass is 10.1. The molecule has 0 radical (unpaired) electrons. The van der Waals surface area contributed by atoms with Gasteiger partial charge in [0.15, 0.2) is 0 Å². The molecule has 0 atom stereocenters. The van der Waals surface area contributed by atoms with E-state index in [4.69, 9.17) is 0 Å². The SMILES string of the molecule is O=c1[nH][nH]c(=O)c2c(NCc3ccsc3)cccc12. The van der Waals surface area contributed by atoms with E-state index in [2.05, 4.69) is 15.5 Å². The maximum Gasteiger partial charge on any atom is 0.272 e. The molecule has 0 spiro atoms. The second-order valence-corrected chi connectivity index (χ2v) is 4.90. The summed E-state index contributed by atoms with van der Waals surface area (Å²) in [7, 11) is 0. The lowest BCUT2D eigenvalue weighted by Gasteiger charge is -2.07. The van der Waals surface area contributed by atoms with Gasteiger partial charge in [0.25, 0.3) is 11.1 Å². The summed E-state index contributed by atoms with van der Waals surface area (Å²) in [6.07, 6.45) is 0. The fourth-order valence-electron chi connectivity index (χ4n) is 1.97. The Hall–Kier alpha value is -2.34. The normalized spacial score (nSPS) is 10.7. The van der Waals surface area contributed by atoms with Gasteiger partial charge in [0.2, 0.25) is 0 Å². The highest BCUT2D eigenvalue weighted by Crippen LogP contribution is 2.18. The molecule has 2 aromatic heterocycles. The van der Waals surface area contributed by atoms with E-state index in [1.165, 1.54) is 0 Å². The predicted octanol–water partition coefficient (Wildman–Crippen LogP) is 1.89. The third-order valence-corrected chi connectivity index (χ3v) is 3.62. The summed E-state index contributed by atoms with van der Waals surface area (Å²) in [5, 5.41) is 12.7. The van der Waals surface area contributed by atoms with E-state index in [0.717, 1.165) is 5.56 Å². The van der Waals surface area contributed by atoms with Crippen LogP contribution < -0.4 is 16.4 Å². The minimum Gasteiger partial charge on any atom is -0.380 e. The van der Waals surface area contributed by atoms with Crippen molar-refractivity contribution in [2.45, 2.75) is 6.54 Å². The highest BCUT2D eigenvalue weighted by molar-refractivity contribution is 7.07. The van der Waals surface area contributed by atoms with Gasteiger partial charge in [-0.3, -0.25) is 19.8 Å². The second-order valence-electron chi connectivity index (χ2n) is 4.12. The van der Waals surface area contributed by atoms with E-state index >= 15 is 0 Å². The molecule has 5 nitrogen and oxygen atoms in total. The van der Waals surface area contributed by atoms with Crippen molar-refractivity contribution in [3.8, 4) is 0 Å². The predicted molar refractivity (Wildman–Crippen MR) is 76.8 cm³/mol. The molecule has 96 valence electrons. The zero-order valence-electron chi connectivity index (χ0n) is 9.90. The molecule has 1 aromatic carbocycles. The van der Waals surface area contributed by atoms with Crippen LogP contribution in [0.5, 0.6) is 0 Å². The Bertz CT molecular complexity index is 818. The van der Waals surface area contributed by atoms with Crippen LogP contribution in [0.25, 0.3) is 10.8 Å². The van der Waals surface area contributed by atoms with Crippen molar-refractivity contribution in [1.82, 2.24) is 10.2 Å². The van der Waals surface area contributed by atoms with Gasteiger partial charge in [-0.2, -0.15) is 11.3 Å². The Labute approximate surface area is 111 Å². The summed E-state index contributed by atoms with van der Waals surface area (Å²) in [5.41, 5.74) is 1.20. The molecule has 3 rings (SSSR count). The third-order valence-electron chi connectivity index (χ3n) is 2.89. The number of hydrogen-bond acceptors (Lipinski definition) is 4. The average molecular weight is 273 g/mol.